The number of fused-ring (bicyclic) bond motifs is 1. The Morgan fingerprint density at radius 2 is 1.92 bits per heavy atom. The lowest BCUT2D eigenvalue weighted by molar-refractivity contribution is 0.0790. The van der Waals surface area contributed by atoms with Gasteiger partial charge in [0.25, 0.3) is 5.91 Å². The molecule has 0 bridgehead atoms. The Balaban J connectivity index is 1.81. The topological polar surface area (TPSA) is 50.5 Å². The number of rotatable bonds is 3. The minimum atomic E-state index is 0.0792. The number of nitrogens with zero attached hydrogens (tertiary/aromatic N) is 4. The second-order valence-electron chi connectivity index (χ2n) is 6.14. The molecule has 1 aliphatic heterocycles. The molecule has 3 aromatic rings. The summed E-state index contributed by atoms with van der Waals surface area (Å²) < 4.78 is 1.83. The van der Waals surface area contributed by atoms with Gasteiger partial charge in [0.05, 0.1) is 17.0 Å². The summed E-state index contributed by atoms with van der Waals surface area (Å²) in [5, 5.41) is 4.71. The lowest BCUT2D eigenvalue weighted by atomic mass is 10.1. The third-order valence-corrected chi connectivity index (χ3v) is 4.61. The average Bonchev–Trinajstić information content (AvgIpc) is 3.30. The van der Waals surface area contributed by atoms with Gasteiger partial charge >= 0.3 is 0 Å². The molecule has 5 nitrogen and oxygen atoms in total. The molecule has 1 saturated heterocycles. The van der Waals surface area contributed by atoms with Gasteiger partial charge in [-0.2, -0.15) is 5.10 Å². The van der Waals surface area contributed by atoms with Gasteiger partial charge in [-0.15, -0.1) is 0 Å². The summed E-state index contributed by atoms with van der Waals surface area (Å²) in [5.41, 5.74) is 4.32. The number of hydrogen-bond donors (Lipinski definition) is 0. The van der Waals surface area contributed by atoms with E-state index in [1.54, 1.807) is 6.20 Å². The van der Waals surface area contributed by atoms with Crippen molar-refractivity contribution in [2.45, 2.75) is 26.2 Å². The summed E-state index contributed by atoms with van der Waals surface area (Å²) in [6.45, 7) is 3.74. The van der Waals surface area contributed by atoms with Crippen molar-refractivity contribution >= 4 is 11.6 Å². The van der Waals surface area contributed by atoms with Gasteiger partial charge in [0.1, 0.15) is 0 Å². The van der Waals surface area contributed by atoms with Crippen LogP contribution in [0.1, 0.15) is 35.8 Å². The average molecular weight is 320 g/mol. The van der Waals surface area contributed by atoms with Gasteiger partial charge in [-0.05, 0) is 19.3 Å². The molecule has 5 heteroatoms. The normalized spacial score (nSPS) is 14.5. The maximum atomic E-state index is 12.8. The first-order valence-electron chi connectivity index (χ1n) is 8.50. The zero-order valence-electron chi connectivity index (χ0n) is 13.8. The van der Waals surface area contributed by atoms with Crippen molar-refractivity contribution in [1.29, 1.82) is 0 Å². The number of hydrogen-bond acceptors (Lipinski definition) is 3. The van der Waals surface area contributed by atoms with Crippen LogP contribution in [0.2, 0.25) is 0 Å². The first-order valence-corrected chi connectivity index (χ1v) is 8.50. The van der Waals surface area contributed by atoms with Crippen molar-refractivity contribution in [2.24, 2.45) is 0 Å². The van der Waals surface area contributed by atoms with E-state index in [-0.39, 0.29) is 5.91 Å². The molecule has 1 aliphatic rings. The van der Waals surface area contributed by atoms with Crippen LogP contribution in [0.15, 0.2) is 42.6 Å². The molecule has 4 rings (SSSR count). The van der Waals surface area contributed by atoms with Crippen LogP contribution in [0.3, 0.4) is 0 Å². The van der Waals surface area contributed by atoms with E-state index in [2.05, 4.69) is 11.9 Å². The van der Waals surface area contributed by atoms with Gasteiger partial charge in [-0.3, -0.25) is 4.79 Å². The van der Waals surface area contributed by atoms with E-state index < -0.39 is 0 Å². The fourth-order valence-electron chi connectivity index (χ4n) is 3.34. The van der Waals surface area contributed by atoms with E-state index in [4.69, 9.17) is 5.10 Å². The highest BCUT2D eigenvalue weighted by Crippen LogP contribution is 2.22. The van der Waals surface area contributed by atoms with Crippen molar-refractivity contribution in [2.75, 3.05) is 13.1 Å². The van der Waals surface area contributed by atoms with Gasteiger partial charge in [0.15, 0.2) is 5.65 Å². The minimum Gasteiger partial charge on any atom is -0.339 e. The van der Waals surface area contributed by atoms with Crippen LogP contribution in [-0.4, -0.2) is 38.5 Å². The molecule has 1 amide bonds. The van der Waals surface area contributed by atoms with E-state index in [0.717, 1.165) is 55.0 Å². The monoisotopic (exact) mass is 320 g/mol. The number of carbonyl (C=O) groups is 1. The van der Waals surface area contributed by atoms with Gasteiger partial charge < -0.3 is 4.90 Å². The van der Waals surface area contributed by atoms with Crippen molar-refractivity contribution < 1.29 is 4.79 Å². The first kappa shape index (κ1) is 14.9. The highest BCUT2D eigenvalue weighted by molar-refractivity contribution is 5.95. The van der Waals surface area contributed by atoms with Crippen LogP contribution in [-0.2, 0) is 6.42 Å². The molecular weight excluding hydrogens is 300 g/mol. The molecule has 24 heavy (non-hydrogen) atoms. The van der Waals surface area contributed by atoms with Crippen LogP contribution in [0, 0.1) is 0 Å². The van der Waals surface area contributed by atoms with Crippen LogP contribution in [0.4, 0.5) is 0 Å². The molecule has 3 heterocycles. The molecule has 0 radical (unpaired) electrons. The molecule has 1 aromatic carbocycles. The number of likely N-dealkylation sites (tertiary alicyclic amines) is 1. The number of carbonyl (C=O) groups excluding carboxylic acids is 1. The van der Waals surface area contributed by atoms with Crippen molar-refractivity contribution in [1.82, 2.24) is 19.5 Å². The number of aryl methyl sites for hydroxylation is 1. The second kappa shape index (κ2) is 6.07. The first-order chi connectivity index (χ1) is 11.8. The van der Waals surface area contributed by atoms with E-state index in [0.29, 0.717) is 5.56 Å². The zero-order chi connectivity index (χ0) is 16.5. The molecule has 0 aliphatic carbocycles. The SMILES string of the molecule is CCc1c(C(=O)N2CCCC2)cnc2cc(-c3ccccc3)nn12. The van der Waals surface area contributed by atoms with Crippen LogP contribution < -0.4 is 0 Å². The molecule has 1 fully saturated rings. The Labute approximate surface area is 140 Å². The lowest BCUT2D eigenvalue weighted by Crippen LogP contribution is -2.29. The predicted octanol–water partition coefficient (Wildman–Crippen LogP) is 3.19. The highest BCUT2D eigenvalue weighted by atomic mass is 16.2. The van der Waals surface area contributed by atoms with Crippen molar-refractivity contribution in [3.8, 4) is 11.3 Å². The Morgan fingerprint density at radius 3 is 2.62 bits per heavy atom. The third kappa shape index (κ3) is 2.46. The van der Waals surface area contributed by atoms with Crippen molar-refractivity contribution in [3.63, 3.8) is 0 Å². The second-order valence-corrected chi connectivity index (χ2v) is 6.14. The van der Waals surface area contributed by atoms with Crippen LogP contribution >= 0.6 is 0 Å². The molecule has 122 valence electrons. The summed E-state index contributed by atoms with van der Waals surface area (Å²) in [6.07, 6.45) is 4.63. The fourth-order valence-corrected chi connectivity index (χ4v) is 3.34. The molecular formula is C19H20N4O. The number of amides is 1. The molecule has 0 atom stereocenters. The summed E-state index contributed by atoms with van der Waals surface area (Å²) in [6, 6.07) is 12.0. The Morgan fingerprint density at radius 1 is 1.17 bits per heavy atom. The quantitative estimate of drug-likeness (QED) is 0.744. The Hall–Kier alpha value is -2.69. The standard InChI is InChI=1S/C19H20N4O/c1-2-17-15(19(24)22-10-6-7-11-22)13-20-18-12-16(21-23(17)18)14-8-4-3-5-9-14/h3-5,8-9,12-13H,2,6-7,10-11H2,1H3. The highest BCUT2D eigenvalue weighted by Gasteiger charge is 2.23. The van der Waals surface area contributed by atoms with Gasteiger partial charge in [0, 0.05) is 30.9 Å². The van der Waals surface area contributed by atoms with E-state index in [1.165, 1.54) is 0 Å². The summed E-state index contributed by atoms with van der Waals surface area (Å²) >= 11 is 0. The Kier molecular flexibility index (Phi) is 3.76. The van der Waals surface area contributed by atoms with E-state index in [1.807, 2.05) is 45.8 Å². The molecule has 2 aromatic heterocycles. The minimum absolute atomic E-state index is 0.0792. The van der Waals surface area contributed by atoms with E-state index in [9.17, 15) is 4.79 Å². The van der Waals surface area contributed by atoms with Gasteiger partial charge in [-0.1, -0.05) is 37.3 Å². The van der Waals surface area contributed by atoms with Crippen LogP contribution in [0.5, 0.6) is 0 Å². The maximum absolute atomic E-state index is 12.8. The van der Waals surface area contributed by atoms with E-state index >= 15 is 0 Å². The Bertz CT molecular complexity index is 879. The third-order valence-electron chi connectivity index (χ3n) is 4.61. The molecule has 0 spiro atoms. The number of benzene rings is 1. The number of aromatic nitrogens is 3. The molecule has 0 unspecified atom stereocenters. The fraction of sp³-hybridized carbons (Fsp3) is 0.316. The molecule has 0 N–H and O–H groups in total. The summed E-state index contributed by atoms with van der Waals surface area (Å²) in [5.74, 6) is 0.0792. The zero-order valence-corrected chi connectivity index (χ0v) is 13.8. The molecule has 0 saturated carbocycles. The smallest absolute Gasteiger partial charge is 0.257 e. The summed E-state index contributed by atoms with van der Waals surface area (Å²) in [4.78, 5) is 19.2. The maximum Gasteiger partial charge on any atom is 0.257 e. The lowest BCUT2D eigenvalue weighted by Gasteiger charge is -2.17. The summed E-state index contributed by atoms with van der Waals surface area (Å²) in [7, 11) is 0. The van der Waals surface area contributed by atoms with Gasteiger partial charge in [-0.25, -0.2) is 9.50 Å². The van der Waals surface area contributed by atoms with Crippen LogP contribution in [0.25, 0.3) is 16.9 Å². The largest absolute Gasteiger partial charge is 0.339 e. The van der Waals surface area contributed by atoms with Gasteiger partial charge in [0.2, 0.25) is 0 Å². The van der Waals surface area contributed by atoms with Crippen molar-refractivity contribution in [3.05, 3.63) is 53.9 Å². The predicted molar refractivity (Wildman–Crippen MR) is 92.9 cm³/mol.